The molecule has 0 atom stereocenters. The van der Waals surface area contributed by atoms with E-state index in [9.17, 15) is 14.4 Å². The molecule has 7 rings (SSSR count). The Hall–Kier alpha value is -4.94. The zero-order valence-corrected chi connectivity index (χ0v) is 22.0. The second-order valence-corrected chi connectivity index (χ2v) is 10.2. The molecule has 0 aliphatic carbocycles. The van der Waals surface area contributed by atoms with Gasteiger partial charge in [-0.15, -0.1) is 0 Å². The van der Waals surface area contributed by atoms with Gasteiger partial charge in [-0.2, -0.15) is 0 Å². The molecule has 40 heavy (non-hydrogen) atoms. The number of aromatic amines is 1. The molecule has 1 aliphatic heterocycles. The smallest absolute Gasteiger partial charge is 0.333 e. The van der Waals surface area contributed by atoms with Crippen LogP contribution in [0, 0.1) is 0 Å². The van der Waals surface area contributed by atoms with E-state index in [1.54, 1.807) is 18.2 Å². The second-order valence-electron chi connectivity index (χ2n) is 9.83. The van der Waals surface area contributed by atoms with E-state index in [1.807, 2.05) is 78.9 Å². The Labute approximate surface area is 233 Å². The zero-order chi connectivity index (χ0) is 27.4. The lowest BCUT2D eigenvalue weighted by Gasteiger charge is -2.21. The van der Waals surface area contributed by atoms with Crippen LogP contribution in [0.25, 0.3) is 49.6 Å². The van der Waals surface area contributed by atoms with Crippen LogP contribution >= 0.6 is 11.6 Å². The Morgan fingerprint density at radius 1 is 0.725 bits per heavy atom. The molecule has 0 saturated heterocycles. The molecule has 0 radical (unpaired) electrons. The molecule has 6 nitrogen and oxygen atoms in total. The molecule has 0 bridgehead atoms. The molecule has 1 aromatic heterocycles. The summed E-state index contributed by atoms with van der Waals surface area (Å²) in [5.74, 6) is -0.0857. The summed E-state index contributed by atoms with van der Waals surface area (Å²) in [6.07, 6.45) is 0.710. The number of hydrogen-bond acceptors (Lipinski definition) is 3. The third kappa shape index (κ3) is 3.76. The highest BCUT2D eigenvalue weighted by Crippen LogP contribution is 2.40. The topological polar surface area (TPSA) is 84.0 Å². The van der Waals surface area contributed by atoms with Crippen molar-refractivity contribution in [3.05, 3.63) is 134 Å². The number of fused-ring (bicyclic) bond motifs is 3. The number of nitrogens with zero attached hydrogens (tertiary/aromatic N) is 1. The van der Waals surface area contributed by atoms with Crippen molar-refractivity contribution in [2.75, 3.05) is 6.54 Å². The molecular formula is C33H22ClN3O3. The first kappa shape index (κ1) is 24.1. The first-order chi connectivity index (χ1) is 19.5. The number of amides is 1. The van der Waals surface area contributed by atoms with E-state index in [-0.39, 0.29) is 5.91 Å². The molecule has 2 heterocycles. The SMILES string of the molecule is O=C1NCCc2c1cccc2-c1cccc(Cl)c1-c1ccc2c(=O)n(-c3cccc4ccccc34)c(=O)[nH]c2c1. The lowest BCUT2D eigenvalue weighted by atomic mass is 9.87. The maximum atomic E-state index is 13.7. The van der Waals surface area contributed by atoms with Gasteiger partial charge in [0.1, 0.15) is 0 Å². The highest BCUT2D eigenvalue weighted by atomic mass is 35.5. The fourth-order valence-corrected chi connectivity index (χ4v) is 6.04. The highest BCUT2D eigenvalue weighted by molar-refractivity contribution is 6.34. The minimum absolute atomic E-state index is 0.0857. The third-order valence-corrected chi connectivity index (χ3v) is 7.89. The average Bonchev–Trinajstić information content (AvgIpc) is 2.97. The maximum absolute atomic E-state index is 13.7. The number of nitrogens with one attached hydrogen (secondary N) is 2. The predicted molar refractivity (Wildman–Crippen MR) is 160 cm³/mol. The number of aromatic nitrogens is 2. The minimum atomic E-state index is -0.520. The Bertz CT molecular complexity index is 2120. The van der Waals surface area contributed by atoms with Crippen LogP contribution in [0.5, 0.6) is 0 Å². The summed E-state index contributed by atoms with van der Waals surface area (Å²) in [7, 11) is 0. The van der Waals surface area contributed by atoms with Gasteiger partial charge in [0.15, 0.2) is 0 Å². The van der Waals surface area contributed by atoms with E-state index in [4.69, 9.17) is 11.6 Å². The van der Waals surface area contributed by atoms with Crippen molar-refractivity contribution in [1.82, 2.24) is 14.9 Å². The summed E-state index contributed by atoms with van der Waals surface area (Å²) < 4.78 is 1.19. The summed E-state index contributed by atoms with van der Waals surface area (Å²) >= 11 is 6.78. The molecule has 0 fully saturated rings. The van der Waals surface area contributed by atoms with E-state index in [1.165, 1.54) is 4.57 Å². The number of halogens is 1. The molecular weight excluding hydrogens is 522 g/mol. The van der Waals surface area contributed by atoms with Gasteiger partial charge in [0.05, 0.1) is 16.6 Å². The average molecular weight is 544 g/mol. The largest absolute Gasteiger partial charge is 0.352 e. The van der Waals surface area contributed by atoms with Crippen LogP contribution in [0.1, 0.15) is 15.9 Å². The lowest BCUT2D eigenvalue weighted by molar-refractivity contribution is 0.0946. The molecule has 1 aliphatic rings. The number of rotatable bonds is 3. The van der Waals surface area contributed by atoms with E-state index < -0.39 is 11.2 Å². The molecule has 5 aromatic carbocycles. The van der Waals surface area contributed by atoms with Crippen molar-refractivity contribution in [2.24, 2.45) is 0 Å². The van der Waals surface area contributed by atoms with Crippen molar-refractivity contribution in [3.8, 4) is 27.9 Å². The monoisotopic (exact) mass is 543 g/mol. The number of carbonyl (C=O) groups excluding carboxylic acids is 1. The molecule has 1 amide bonds. The van der Waals surface area contributed by atoms with Gasteiger partial charge in [0, 0.05) is 28.1 Å². The van der Waals surface area contributed by atoms with Crippen molar-refractivity contribution >= 4 is 39.2 Å². The van der Waals surface area contributed by atoms with Crippen molar-refractivity contribution in [2.45, 2.75) is 6.42 Å². The van der Waals surface area contributed by atoms with Crippen LogP contribution < -0.4 is 16.6 Å². The zero-order valence-electron chi connectivity index (χ0n) is 21.2. The minimum Gasteiger partial charge on any atom is -0.352 e. The Morgan fingerprint density at radius 2 is 1.48 bits per heavy atom. The first-order valence-electron chi connectivity index (χ1n) is 13.0. The van der Waals surface area contributed by atoms with E-state index in [0.29, 0.717) is 40.1 Å². The van der Waals surface area contributed by atoms with Gasteiger partial charge >= 0.3 is 5.69 Å². The van der Waals surface area contributed by atoms with Crippen LogP contribution in [-0.2, 0) is 6.42 Å². The molecule has 0 saturated carbocycles. The summed E-state index contributed by atoms with van der Waals surface area (Å²) in [5.41, 5.74) is 5.00. The van der Waals surface area contributed by atoms with E-state index in [2.05, 4.69) is 10.3 Å². The van der Waals surface area contributed by atoms with Crippen LogP contribution in [0.15, 0.2) is 107 Å². The van der Waals surface area contributed by atoms with E-state index in [0.717, 1.165) is 38.6 Å². The highest BCUT2D eigenvalue weighted by Gasteiger charge is 2.22. The van der Waals surface area contributed by atoms with Gasteiger partial charge in [-0.1, -0.05) is 78.3 Å². The first-order valence-corrected chi connectivity index (χ1v) is 13.4. The molecule has 0 unspecified atom stereocenters. The maximum Gasteiger partial charge on any atom is 0.333 e. The lowest BCUT2D eigenvalue weighted by Crippen LogP contribution is -2.33. The standard InChI is InChI=1S/C33H22ClN3O3/c34-27-12-5-10-24(22-9-4-11-25-23(22)16-17-35-31(25)38)30(27)20-14-15-26-28(18-20)36-33(40)37(32(26)39)29-13-3-7-19-6-1-2-8-21(19)29/h1-15,18H,16-17H2,(H,35,38)(H,36,40). The van der Waals surface area contributed by atoms with Crippen LogP contribution in [0.2, 0.25) is 5.02 Å². The Kier molecular flexibility index (Phi) is 5.65. The molecule has 6 aromatic rings. The Balaban J connectivity index is 1.42. The summed E-state index contributed by atoms with van der Waals surface area (Å²) in [5, 5.41) is 5.57. The number of H-pyrrole nitrogens is 1. The van der Waals surface area contributed by atoms with Gasteiger partial charge in [-0.05, 0) is 64.4 Å². The fraction of sp³-hybridized carbons (Fsp3) is 0.0606. The van der Waals surface area contributed by atoms with E-state index >= 15 is 0 Å². The van der Waals surface area contributed by atoms with Crippen molar-refractivity contribution in [1.29, 1.82) is 0 Å². The van der Waals surface area contributed by atoms with Gasteiger partial charge in [0.25, 0.3) is 11.5 Å². The van der Waals surface area contributed by atoms with Crippen LogP contribution in [0.3, 0.4) is 0 Å². The van der Waals surface area contributed by atoms with Crippen molar-refractivity contribution < 1.29 is 4.79 Å². The van der Waals surface area contributed by atoms with Crippen LogP contribution in [0.4, 0.5) is 0 Å². The molecule has 194 valence electrons. The Morgan fingerprint density at radius 3 is 2.38 bits per heavy atom. The van der Waals surface area contributed by atoms with Gasteiger partial charge in [-0.3, -0.25) is 9.59 Å². The van der Waals surface area contributed by atoms with Crippen molar-refractivity contribution in [3.63, 3.8) is 0 Å². The molecule has 2 N–H and O–H groups in total. The summed E-state index contributed by atoms with van der Waals surface area (Å²) in [6, 6.07) is 30.0. The molecule has 7 heteroatoms. The summed E-state index contributed by atoms with van der Waals surface area (Å²) in [6.45, 7) is 0.568. The second kappa shape index (κ2) is 9.36. The molecule has 0 spiro atoms. The van der Waals surface area contributed by atoms with Gasteiger partial charge < -0.3 is 10.3 Å². The number of carbonyl (C=O) groups is 1. The summed E-state index contributed by atoms with van der Waals surface area (Å²) in [4.78, 5) is 42.4. The predicted octanol–water partition coefficient (Wildman–Crippen LogP) is 6.11. The van der Waals surface area contributed by atoms with Crippen LogP contribution in [-0.4, -0.2) is 22.0 Å². The quantitative estimate of drug-likeness (QED) is 0.283. The third-order valence-electron chi connectivity index (χ3n) is 7.58. The fourth-order valence-electron chi connectivity index (χ4n) is 5.76. The van der Waals surface area contributed by atoms with Gasteiger partial charge in [-0.25, -0.2) is 9.36 Å². The normalized spacial score (nSPS) is 12.9. The number of hydrogen-bond donors (Lipinski definition) is 2. The number of benzene rings is 5. The van der Waals surface area contributed by atoms with Gasteiger partial charge in [0.2, 0.25) is 0 Å².